The van der Waals surface area contributed by atoms with Crippen molar-refractivity contribution in [3.8, 4) is 29.1 Å². The van der Waals surface area contributed by atoms with Gasteiger partial charge in [0.1, 0.15) is 54.4 Å². The van der Waals surface area contributed by atoms with Crippen LogP contribution in [0.1, 0.15) is 104 Å². The molecule has 10 aliphatic rings. The lowest BCUT2D eigenvalue weighted by Gasteiger charge is -2.27. The van der Waals surface area contributed by atoms with Gasteiger partial charge in [-0.15, -0.1) is 0 Å². The number of piperidine rings is 1. The lowest BCUT2D eigenvalue weighted by molar-refractivity contribution is -0.134. The summed E-state index contributed by atoms with van der Waals surface area (Å²) in [6, 6.07) is 21.6. The Hall–Kier alpha value is -12.9. The molecule has 5 aromatic carbocycles. The summed E-state index contributed by atoms with van der Waals surface area (Å²) >= 11 is 0. The van der Waals surface area contributed by atoms with Crippen molar-refractivity contribution in [2.24, 2.45) is 5.92 Å². The molecule has 5 aromatic rings. The maximum atomic E-state index is 14.5. The van der Waals surface area contributed by atoms with Crippen LogP contribution < -0.4 is 91.9 Å². The SMILES string of the molecule is CC(=O)NC[C@H]1CN(c2ccc(C#CC3(O)CCNCC3)c(F)c2)C(=O)O1.CC(=O)NC[C@H]1CN(c2ccc(CCC(=O)N3CCNCC3)c(F)c2)C(=O)O1.CC(=O)NC[C@H]1CN(c2ccc(OCC(=O)N3CCNCC3)c(F)c2)C(=O)O1.CC(=O)NC[C@H]1CN(c2ccc(OCC3(O)CCCNCC3)c(F)c2)C(=O)O1.CC(=O)NC[C@H]1CN(c2ccc(OCC3CCCNCC3)c(F)c2)C(=O)O1. The van der Waals surface area contributed by atoms with Crippen molar-refractivity contribution in [1.82, 2.24) is 63.0 Å². The summed E-state index contributed by atoms with van der Waals surface area (Å²) < 4.78 is 115. The number of anilines is 5. The summed E-state index contributed by atoms with van der Waals surface area (Å²) in [5.41, 5.74) is 0.331. The van der Waals surface area contributed by atoms with E-state index in [9.17, 15) is 89.7 Å². The molecule has 0 saturated carbocycles. The predicted molar refractivity (Wildman–Crippen MR) is 493 cm³/mol. The van der Waals surface area contributed by atoms with Gasteiger partial charge in [-0.2, -0.15) is 0 Å². The Kier molecular flexibility index (Phi) is 39.4. The Morgan fingerprint density at radius 3 is 1.17 bits per heavy atom. The van der Waals surface area contributed by atoms with Gasteiger partial charge in [0.2, 0.25) is 35.4 Å². The molecule has 10 aliphatic heterocycles. The summed E-state index contributed by atoms with van der Waals surface area (Å²) in [5.74, 6) is 1.99. The Labute approximate surface area is 795 Å². The first kappa shape index (κ1) is 106. The van der Waals surface area contributed by atoms with E-state index in [0.717, 1.165) is 77.6 Å². The molecule has 7 atom stereocenters. The van der Waals surface area contributed by atoms with E-state index in [1.165, 1.54) is 108 Å². The topological polar surface area (TPSA) is 462 Å². The van der Waals surface area contributed by atoms with E-state index in [1.807, 2.05) is 0 Å². The molecule has 138 heavy (non-hydrogen) atoms. The molecule has 0 radical (unpaired) electrons. The molecule has 750 valence electrons. The van der Waals surface area contributed by atoms with Crippen molar-refractivity contribution in [2.75, 3.05) is 201 Å². The quantitative estimate of drug-likeness (QED) is 0.0192. The van der Waals surface area contributed by atoms with E-state index in [4.69, 9.17) is 37.9 Å². The van der Waals surface area contributed by atoms with Crippen LogP contribution in [-0.2, 0) is 63.7 Å². The van der Waals surface area contributed by atoms with Gasteiger partial charge in [0.15, 0.2) is 41.3 Å². The van der Waals surface area contributed by atoms with Crippen LogP contribution in [0.25, 0.3) is 0 Å². The summed E-state index contributed by atoms with van der Waals surface area (Å²) in [5, 5.41) is 50.0. The highest BCUT2D eigenvalue weighted by atomic mass is 19.1. The van der Waals surface area contributed by atoms with Crippen LogP contribution in [0, 0.1) is 46.8 Å². The van der Waals surface area contributed by atoms with Crippen molar-refractivity contribution in [1.29, 1.82) is 0 Å². The zero-order valence-corrected chi connectivity index (χ0v) is 77.9. The highest BCUT2D eigenvalue weighted by Crippen LogP contribution is 2.34. The average molecular weight is 1940 g/mol. The predicted octanol–water partition coefficient (Wildman–Crippen LogP) is 4.73. The summed E-state index contributed by atoms with van der Waals surface area (Å²) in [7, 11) is 0. The van der Waals surface area contributed by atoms with Crippen molar-refractivity contribution in [2.45, 2.75) is 141 Å². The molecule has 10 fully saturated rings. The second-order valence-electron chi connectivity index (χ2n) is 34.6. The Morgan fingerprint density at radius 1 is 0.406 bits per heavy atom. The van der Waals surface area contributed by atoms with Gasteiger partial charge in [-0.1, -0.05) is 17.9 Å². The first-order chi connectivity index (χ1) is 66.1. The third kappa shape index (κ3) is 32.4. The molecular formula is C94H122F5N17O22. The highest BCUT2D eigenvalue weighted by molar-refractivity contribution is 5.93. The summed E-state index contributed by atoms with van der Waals surface area (Å²) in [4.78, 5) is 149. The first-order valence-electron chi connectivity index (χ1n) is 46.2. The van der Waals surface area contributed by atoms with Gasteiger partial charge in [0.05, 0.1) is 112 Å². The largest absolute Gasteiger partial charge is 0.490 e. The Bertz CT molecular complexity index is 5020. The number of cyclic esters (lactones) is 5. The average Bonchev–Trinajstić information content (AvgIpc) is 1.64. The van der Waals surface area contributed by atoms with E-state index < -0.39 is 101 Å². The van der Waals surface area contributed by atoms with Crippen molar-refractivity contribution in [3.63, 3.8) is 0 Å². The molecule has 44 heteroatoms. The molecule has 0 bridgehead atoms. The number of carbonyl (C=O) groups excluding carboxylic acids is 12. The van der Waals surface area contributed by atoms with E-state index in [-0.39, 0.29) is 149 Å². The smallest absolute Gasteiger partial charge is 0.414 e. The number of nitrogens with zero attached hydrogens (tertiary/aromatic N) is 7. The van der Waals surface area contributed by atoms with Crippen LogP contribution in [0.15, 0.2) is 91.0 Å². The highest BCUT2D eigenvalue weighted by Gasteiger charge is 2.40. The first-order valence-corrected chi connectivity index (χ1v) is 46.2. The fourth-order valence-electron chi connectivity index (χ4n) is 16.0. The van der Waals surface area contributed by atoms with E-state index in [1.54, 1.807) is 46.2 Å². The maximum Gasteiger partial charge on any atom is 0.414 e. The molecule has 12 N–H and O–H groups in total. The number of aliphatic hydroxyl groups is 2. The monoisotopic (exact) mass is 1940 g/mol. The number of rotatable bonds is 27. The van der Waals surface area contributed by atoms with Gasteiger partial charge in [-0.05, 0) is 175 Å². The molecule has 12 amide bonds. The van der Waals surface area contributed by atoms with Crippen LogP contribution in [-0.4, -0.2) is 310 Å². The molecular weight excluding hydrogens is 1810 g/mol. The number of hydrogen-bond donors (Lipinski definition) is 12. The van der Waals surface area contributed by atoms with Crippen LogP contribution in [0.3, 0.4) is 0 Å². The number of aryl methyl sites for hydroxylation is 1. The fraction of sp³-hybridized carbons (Fsp3) is 0.532. The van der Waals surface area contributed by atoms with Gasteiger partial charge in [0.25, 0.3) is 5.91 Å². The maximum absolute atomic E-state index is 14.5. The third-order valence-electron chi connectivity index (χ3n) is 23.7. The van der Waals surface area contributed by atoms with Gasteiger partial charge in [0, 0.05) is 112 Å². The van der Waals surface area contributed by atoms with E-state index >= 15 is 0 Å². The fourth-order valence-corrected chi connectivity index (χ4v) is 16.0. The lowest BCUT2D eigenvalue weighted by Crippen LogP contribution is -2.47. The summed E-state index contributed by atoms with van der Waals surface area (Å²) in [6.45, 7) is 19.8. The molecule has 10 saturated heterocycles. The second-order valence-corrected chi connectivity index (χ2v) is 34.6. The zero-order chi connectivity index (χ0) is 99.0. The number of halogens is 5. The second kappa shape index (κ2) is 51.5. The third-order valence-corrected chi connectivity index (χ3v) is 23.7. The summed E-state index contributed by atoms with van der Waals surface area (Å²) in [6.07, 6.45) is 1.38. The number of nitrogens with one attached hydrogen (secondary N) is 10. The Balaban J connectivity index is 0.000000165. The number of carbonyl (C=O) groups is 12. The van der Waals surface area contributed by atoms with E-state index in [0.29, 0.717) is 124 Å². The minimum atomic E-state index is -1.11. The van der Waals surface area contributed by atoms with Gasteiger partial charge < -0.3 is 111 Å². The van der Waals surface area contributed by atoms with Gasteiger partial charge >= 0.3 is 30.5 Å². The number of hydrogen-bond acceptors (Lipinski definition) is 27. The number of piperazine rings is 2. The molecule has 0 spiro atoms. The zero-order valence-electron chi connectivity index (χ0n) is 77.9. The number of amides is 12. The van der Waals surface area contributed by atoms with Crippen molar-refractivity contribution < 1.29 is 128 Å². The minimum Gasteiger partial charge on any atom is -0.490 e. The molecule has 0 aromatic heterocycles. The molecule has 2 unspecified atom stereocenters. The number of ether oxygens (including phenoxy) is 8. The Morgan fingerprint density at radius 2 is 0.761 bits per heavy atom. The standard InChI is InChI=1S/C19H25FN4O4.C19H26FN3O5.C19H22FN3O4.C19H26FN3O4.C18H23FN4O5/c1-13(25)22-11-16-12-24(19(27)28-16)15-4-2-14(17(20)10-15)3-5-18(26)23-8-6-21-7-9-23;1-13(24)22-10-15-11-23(18(25)28-15)14-3-4-17(16(20)9-14)27-12-19(26)5-2-7-21-8-6-19;1-13(24)22-11-16-12-23(18(25)27-16)15-3-2-14(17(20)10-15)4-5-19(26)6-8-21-9-7-19;1-13(24)22-10-16-11-23(19(25)27-16)15-4-5-18(17(20)9-15)26-12-14-3-2-7-21-8-6-14;1-12(24)21-9-14-10-23(18(26)28-14)13-2-3-16(15(19)8-13)27-11-17(25)22-6-4-20-5-7-22/h2,4,10,16,21H,3,5-9,11-12H2,1H3,(H,22,25);3-4,9,15,21,26H,2,5-8,10-12H2,1H3,(H,22,24);2-3,10,16,21,26H,6-9,11-12H2,1H3,(H,22,24);4-5,9,14,16,21H,2-3,6-8,10-12H2,1H3,(H,22,24);2-3,8,14,20H,4-7,9-11H2,1H3,(H,21,24)/t16-;15-,19?;16-;14?,16-;14-/m00000/s1. The minimum absolute atomic E-state index is 0.00942. The van der Waals surface area contributed by atoms with Gasteiger partial charge in [-0.3, -0.25) is 58.1 Å². The molecule has 0 aliphatic carbocycles. The van der Waals surface area contributed by atoms with Crippen LogP contribution >= 0.6 is 0 Å². The molecule has 15 rings (SSSR count). The van der Waals surface area contributed by atoms with E-state index in [2.05, 4.69) is 65.0 Å². The lowest BCUT2D eigenvalue weighted by atomic mass is 9.93. The normalized spacial score (nSPS) is 21.6. The van der Waals surface area contributed by atoms with Gasteiger partial charge in [-0.25, -0.2) is 45.9 Å². The van der Waals surface area contributed by atoms with Crippen LogP contribution in [0.2, 0.25) is 0 Å². The molecule has 39 nitrogen and oxygen atoms in total. The van der Waals surface area contributed by atoms with Crippen molar-refractivity contribution in [3.05, 3.63) is 131 Å². The number of benzene rings is 5. The van der Waals surface area contributed by atoms with Crippen LogP contribution in [0.5, 0.6) is 17.2 Å². The van der Waals surface area contributed by atoms with Crippen molar-refractivity contribution >= 4 is 100 Å². The molecule has 10 heterocycles. The van der Waals surface area contributed by atoms with Crippen LogP contribution in [0.4, 0.5) is 74.4 Å².